The summed E-state index contributed by atoms with van der Waals surface area (Å²) in [6.07, 6.45) is 1.88. The number of nitrogens with one attached hydrogen (secondary N) is 2. The van der Waals surface area contributed by atoms with E-state index in [4.69, 9.17) is 17.5 Å². The predicted octanol–water partition coefficient (Wildman–Crippen LogP) is 2.27. The van der Waals surface area contributed by atoms with E-state index in [9.17, 15) is 0 Å². The average Bonchev–Trinajstić information content (AvgIpc) is 2.77. The van der Waals surface area contributed by atoms with Crippen LogP contribution in [0, 0.1) is 11.3 Å². The van der Waals surface area contributed by atoms with Crippen molar-refractivity contribution in [3.8, 4) is 6.07 Å². The highest BCUT2D eigenvalue weighted by atomic mass is 32.1. The van der Waals surface area contributed by atoms with Gasteiger partial charge in [-0.05, 0) is 49.3 Å². The molecule has 0 saturated carbocycles. The van der Waals surface area contributed by atoms with Crippen molar-refractivity contribution >= 4 is 23.0 Å². The molecule has 1 saturated heterocycles. The third kappa shape index (κ3) is 2.17. The molecule has 1 aromatic carbocycles. The number of rotatable bonds is 3. The Kier molecular flexibility index (Phi) is 3.50. The molecular weight excluding hydrogens is 244 g/mol. The number of benzene rings is 1. The fourth-order valence-corrected chi connectivity index (χ4v) is 2.35. The Morgan fingerprint density at radius 3 is 2.33 bits per heavy atom. The molecule has 1 heterocycles. The van der Waals surface area contributed by atoms with Gasteiger partial charge in [0.2, 0.25) is 0 Å². The van der Waals surface area contributed by atoms with Crippen LogP contribution in [0.15, 0.2) is 24.3 Å². The first-order valence-corrected chi connectivity index (χ1v) is 6.45. The van der Waals surface area contributed by atoms with Crippen molar-refractivity contribution in [1.82, 2.24) is 10.7 Å². The summed E-state index contributed by atoms with van der Waals surface area (Å²) in [5.41, 5.74) is 4.83. The zero-order valence-corrected chi connectivity index (χ0v) is 11.3. The summed E-state index contributed by atoms with van der Waals surface area (Å²) in [5.74, 6) is 0. The monoisotopic (exact) mass is 260 g/mol. The minimum absolute atomic E-state index is 0.162. The molecule has 4 nitrogen and oxygen atoms in total. The lowest BCUT2D eigenvalue weighted by molar-refractivity contribution is 0.315. The fraction of sp³-hybridized carbons (Fsp3) is 0.385. The molecule has 2 N–H and O–H groups in total. The molecule has 94 valence electrons. The smallest absolute Gasteiger partial charge is 0.189 e. The molecule has 0 atom stereocenters. The van der Waals surface area contributed by atoms with Crippen molar-refractivity contribution in [3.63, 3.8) is 0 Å². The number of nitrogens with zero attached hydrogens (tertiary/aromatic N) is 2. The van der Waals surface area contributed by atoms with Crippen molar-refractivity contribution in [2.45, 2.75) is 32.4 Å². The Bertz CT molecular complexity index is 485. The first kappa shape index (κ1) is 12.8. The minimum atomic E-state index is -0.162. The number of hydrogen-bond donors (Lipinski definition) is 2. The van der Waals surface area contributed by atoms with Crippen LogP contribution < -0.4 is 15.8 Å². The Morgan fingerprint density at radius 2 is 1.89 bits per heavy atom. The van der Waals surface area contributed by atoms with E-state index in [2.05, 4.69) is 30.7 Å². The summed E-state index contributed by atoms with van der Waals surface area (Å²) in [7, 11) is 0. The van der Waals surface area contributed by atoms with Crippen LogP contribution in [0.3, 0.4) is 0 Å². The van der Waals surface area contributed by atoms with Gasteiger partial charge in [-0.25, -0.2) is 5.43 Å². The van der Waals surface area contributed by atoms with E-state index in [-0.39, 0.29) is 5.66 Å². The van der Waals surface area contributed by atoms with Crippen molar-refractivity contribution in [2.75, 3.05) is 5.01 Å². The van der Waals surface area contributed by atoms with Gasteiger partial charge < -0.3 is 5.32 Å². The molecule has 18 heavy (non-hydrogen) atoms. The van der Waals surface area contributed by atoms with E-state index < -0.39 is 0 Å². The summed E-state index contributed by atoms with van der Waals surface area (Å²) >= 11 is 5.35. The molecular formula is C13H16N4S. The van der Waals surface area contributed by atoms with E-state index in [0.717, 1.165) is 18.5 Å². The van der Waals surface area contributed by atoms with E-state index >= 15 is 0 Å². The highest BCUT2D eigenvalue weighted by Crippen LogP contribution is 2.23. The minimum Gasteiger partial charge on any atom is -0.342 e. The molecule has 2 rings (SSSR count). The van der Waals surface area contributed by atoms with Gasteiger partial charge >= 0.3 is 0 Å². The lowest BCUT2D eigenvalue weighted by Gasteiger charge is -2.27. The van der Waals surface area contributed by atoms with Gasteiger partial charge in [0.25, 0.3) is 0 Å². The molecule has 1 fully saturated rings. The zero-order chi connectivity index (χ0) is 13.2. The van der Waals surface area contributed by atoms with E-state index in [1.807, 2.05) is 17.1 Å². The summed E-state index contributed by atoms with van der Waals surface area (Å²) in [5, 5.41) is 14.6. The SMILES string of the molecule is CCC1(CC)NC(=S)N(c2ccc(C#N)cc2)N1. The van der Waals surface area contributed by atoms with Gasteiger partial charge in [0, 0.05) is 0 Å². The molecule has 0 unspecified atom stereocenters. The standard InChI is InChI=1S/C13H16N4S/c1-3-13(4-2)15-12(18)17(16-13)11-7-5-10(9-14)6-8-11/h5-8,16H,3-4H2,1-2H3,(H,15,18). The summed E-state index contributed by atoms with van der Waals surface area (Å²) in [4.78, 5) is 0. The highest BCUT2D eigenvalue weighted by Gasteiger charge is 2.37. The van der Waals surface area contributed by atoms with Crippen LogP contribution in [0.25, 0.3) is 0 Å². The first-order valence-electron chi connectivity index (χ1n) is 6.04. The third-order valence-electron chi connectivity index (χ3n) is 3.34. The Labute approximate surface area is 113 Å². The predicted molar refractivity (Wildman–Crippen MR) is 75.8 cm³/mol. The quantitative estimate of drug-likeness (QED) is 0.817. The topological polar surface area (TPSA) is 51.1 Å². The summed E-state index contributed by atoms with van der Waals surface area (Å²) in [6, 6.07) is 9.47. The first-order chi connectivity index (χ1) is 8.64. The van der Waals surface area contributed by atoms with Gasteiger partial charge in [0.05, 0.1) is 17.3 Å². The zero-order valence-electron chi connectivity index (χ0n) is 10.5. The average molecular weight is 260 g/mol. The highest BCUT2D eigenvalue weighted by molar-refractivity contribution is 7.80. The van der Waals surface area contributed by atoms with E-state index in [0.29, 0.717) is 10.7 Å². The lowest BCUT2D eigenvalue weighted by Crippen LogP contribution is -2.50. The van der Waals surface area contributed by atoms with Gasteiger partial charge in [-0.15, -0.1) is 0 Å². The maximum absolute atomic E-state index is 8.79. The van der Waals surface area contributed by atoms with Crippen LogP contribution in [-0.4, -0.2) is 10.8 Å². The molecule has 0 amide bonds. The van der Waals surface area contributed by atoms with Crippen LogP contribution in [0.1, 0.15) is 32.3 Å². The Balaban J connectivity index is 2.24. The maximum atomic E-state index is 8.79. The maximum Gasteiger partial charge on any atom is 0.189 e. The largest absolute Gasteiger partial charge is 0.342 e. The second-order valence-corrected chi connectivity index (χ2v) is 4.71. The van der Waals surface area contributed by atoms with Crippen LogP contribution in [0.4, 0.5) is 5.69 Å². The van der Waals surface area contributed by atoms with Crippen LogP contribution in [0.2, 0.25) is 0 Å². The van der Waals surface area contributed by atoms with Crippen molar-refractivity contribution in [2.24, 2.45) is 0 Å². The summed E-state index contributed by atoms with van der Waals surface area (Å²) in [6.45, 7) is 4.24. The van der Waals surface area contributed by atoms with E-state index in [1.165, 1.54) is 0 Å². The van der Waals surface area contributed by atoms with Crippen molar-refractivity contribution in [1.29, 1.82) is 5.26 Å². The second-order valence-electron chi connectivity index (χ2n) is 4.33. The third-order valence-corrected chi connectivity index (χ3v) is 3.62. The van der Waals surface area contributed by atoms with Gasteiger partial charge in [0.1, 0.15) is 5.66 Å². The number of thiocarbonyl (C=S) groups is 1. The van der Waals surface area contributed by atoms with Crippen molar-refractivity contribution < 1.29 is 0 Å². The number of hydrazine groups is 1. The molecule has 5 heteroatoms. The number of anilines is 1. The second kappa shape index (κ2) is 4.92. The fourth-order valence-electron chi connectivity index (χ4n) is 2.01. The van der Waals surface area contributed by atoms with Gasteiger partial charge in [-0.1, -0.05) is 13.8 Å². The van der Waals surface area contributed by atoms with Gasteiger partial charge in [-0.3, -0.25) is 5.01 Å². The molecule has 1 aliphatic heterocycles. The molecule has 1 aromatic rings. The van der Waals surface area contributed by atoms with Crippen LogP contribution >= 0.6 is 12.2 Å². The lowest BCUT2D eigenvalue weighted by atomic mass is 10.1. The molecule has 0 bridgehead atoms. The number of hydrogen-bond acceptors (Lipinski definition) is 3. The Morgan fingerprint density at radius 1 is 1.28 bits per heavy atom. The molecule has 0 spiro atoms. The molecule has 0 aromatic heterocycles. The van der Waals surface area contributed by atoms with Crippen molar-refractivity contribution in [3.05, 3.63) is 29.8 Å². The van der Waals surface area contributed by atoms with Crippen LogP contribution in [-0.2, 0) is 0 Å². The Hall–Kier alpha value is -1.64. The van der Waals surface area contributed by atoms with Crippen LogP contribution in [0.5, 0.6) is 0 Å². The molecule has 0 radical (unpaired) electrons. The normalized spacial score (nSPS) is 17.4. The molecule has 1 aliphatic rings. The van der Waals surface area contributed by atoms with E-state index in [1.54, 1.807) is 12.1 Å². The molecule has 0 aliphatic carbocycles. The summed E-state index contributed by atoms with van der Waals surface area (Å²) < 4.78 is 0. The number of nitriles is 1. The van der Waals surface area contributed by atoms with Gasteiger partial charge in [-0.2, -0.15) is 5.26 Å². The van der Waals surface area contributed by atoms with Gasteiger partial charge in [0.15, 0.2) is 5.11 Å².